The molecule has 2 amide bonds. The monoisotopic (exact) mass is 384 g/mol. The van der Waals surface area contributed by atoms with Crippen LogP contribution in [0.2, 0.25) is 0 Å². The fraction of sp³-hybridized carbons (Fsp3) is 0.450. The lowest BCUT2D eigenvalue weighted by atomic mass is 9.97. The van der Waals surface area contributed by atoms with E-state index in [2.05, 4.69) is 21.5 Å². The van der Waals surface area contributed by atoms with Gasteiger partial charge >= 0.3 is 5.97 Å². The smallest absolute Gasteiger partial charge is 0.306 e. The molecule has 1 saturated heterocycles. The highest BCUT2D eigenvalue weighted by molar-refractivity contribution is 5.99. The SMILES string of the molecule is C#C[C@@H](CC(=O)O)NC(=O)CN1CCc2ccc(N3CCNCC3)cc2C1=O. The molecule has 8 nitrogen and oxygen atoms in total. The van der Waals surface area contributed by atoms with Gasteiger partial charge in [-0.3, -0.25) is 14.4 Å². The molecule has 0 radical (unpaired) electrons. The van der Waals surface area contributed by atoms with Gasteiger partial charge < -0.3 is 25.5 Å². The van der Waals surface area contributed by atoms with Crippen molar-refractivity contribution >= 4 is 23.5 Å². The van der Waals surface area contributed by atoms with E-state index in [1.807, 2.05) is 18.2 Å². The molecule has 1 aromatic carbocycles. The predicted molar refractivity (Wildman–Crippen MR) is 104 cm³/mol. The summed E-state index contributed by atoms with van der Waals surface area (Å²) in [5.74, 6) is 0.504. The van der Waals surface area contributed by atoms with Gasteiger partial charge in [0.1, 0.15) is 6.04 Å². The molecule has 2 aliphatic heterocycles. The molecule has 3 N–H and O–H groups in total. The minimum atomic E-state index is -1.09. The summed E-state index contributed by atoms with van der Waals surface area (Å²) in [5, 5.41) is 14.6. The van der Waals surface area contributed by atoms with Crippen molar-refractivity contribution in [2.75, 3.05) is 44.2 Å². The average molecular weight is 384 g/mol. The zero-order valence-electron chi connectivity index (χ0n) is 15.6. The van der Waals surface area contributed by atoms with Crippen LogP contribution in [0.3, 0.4) is 0 Å². The van der Waals surface area contributed by atoms with Gasteiger partial charge in [0.15, 0.2) is 0 Å². The number of carboxylic acid groups (broad SMARTS) is 1. The number of fused-ring (bicyclic) bond motifs is 1. The number of aliphatic carboxylic acids is 1. The van der Waals surface area contributed by atoms with Gasteiger partial charge in [-0.15, -0.1) is 6.42 Å². The largest absolute Gasteiger partial charge is 0.481 e. The zero-order chi connectivity index (χ0) is 20.1. The van der Waals surface area contributed by atoms with Gasteiger partial charge in [0.05, 0.1) is 13.0 Å². The number of benzene rings is 1. The summed E-state index contributed by atoms with van der Waals surface area (Å²) in [6.07, 6.45) is 5.58. The maximum Gasteiger partial charge on any atom is 0.306 e. The van der Waals surface area contributed by atoms with E-state index in [4.69, 9.17) is 11.5 Å². The van der Waals surface area contributed by atoms with Crippen LogP contribution < -0.4 is 15.5 Å². The lowest BCUT2D eigenvalue weighted by Gasteiger charge is -2.32. The van der Waals surface area contributed by atoms with Crippen LogP contribution in [0.4, 0.5) is 5.69 Å². The number of piperazine rings is 1. The normalized spacial score (nSPS) is 17.5. The van der Waals surface area contributed by atoms with Crippen molar-refractivity contribution in [3.63, 3.8) is 0 Å². The number of nitrogens with zero attached hydrogens (tertiary/aromatic N) is 2. The molecule has 0 saturated carbocycles. The molecule has 28 heavy (non-hydrogen) atoms. The second-order valence-electron chi connectivity index (χ2n) is 6.94. The van der Waals surface area contributed by atoms with Crippen molar-refractivity contribution < 1.29 is 19.5 Å². The van der Waals surface area contributed by atoms with Gasteiger partial charge in [-0.05, 0) is 24.1 Å². The summed E-state index contributed by atoms with van der Waals surface area (Å²) >= 11 is 0. The lowest BCUT2D eigenvalue weighted by molar-refractivity contribution is -0.137. The minimum absolute atomic E-state index is 0.145. The van der Waals surface area contributed by atoms with Crippen LogP contribution >= 0.6 is 0 Å². The topological polar surface area (TPSA) is 102 Å². The number of nitrogens with one attached hydrogen (secondary N) is 2. The van der Waals surface area contributed by atoms with Crippen molar-refractivity contribution in [2.45, 2.75) is 18.9 Å². The van der Waals surface area contributed by atoms with Gasteiger partial charge in [0.2, 0.25) is 5.91 Å². The number of terminal acetylenes is 1. The average Bonchev–Trinajstić information content (AvgIpc) is 2.69. The van der Waals surface area contributed by atoms with Gasteiger partial charge in [-0.1, -0.05) is 12.0 Å². The number of rotatable bonds is 6. The standard InChI is InChI=1S/C20H24N4O4/c1-2-15(11-19(26)27)22-18(25)13-24-8-5-14-3-4-16(12-17(14)20(24)28)23-9-6-21-7-10-23/h1,3-4,12,15,21H,5-11,13H2,(H,22,25)(H,26,27)/t15-/m0/s1. The van der Waals surface area contributed by atoms with E-state index in [1.165, 1.54) is 4.90 Å². The van der Waals surface area contributed by atoms with E-state index in [0.717, 1.165) is 37.4 Å². The second-order valence-corrected chi connectivity index (χ2v) is 6.94. The van der Waals surface area contributed by atoms with Crippen molar-refractivity contribution in [1.82, 2.24) is 15.5 Å². The first-order chi connectivity index (χ1) is 13.5. The Morgan fingerprint density at radius 1 is 1.29 bits per heavy atom. The highest BCUT2D eigenvalue weighted by Gasteiger charge is 2.27. The number of hydrogen-bond donors (Lipinski definition) is 3. The summed E-state index contributed by atoms with van der Waals surface area (Å²) in [7, 11) is 0. The van der Waals surface area contributed by atoms with Gasteiger partial charge in [-0.25, -0.2) is 0 Å². The van der Waals surface area contributed by atoms with Gasteiger partial charge in [0, 0.05) is 44.0 Å². The number of anilines is 1. The molecular weight excluding hydrogens is 360 g/mol. The maximum atomic E-state index is 12.9. The number of carboxylic acids is 1. The van der Waals surface area contributed by atoms with Crippen LogP contribution in [-0.2, 0) is 16.0 Å². The summed E-state index contributed by atoms with van der Waals surface area (Å²) in [6, 6.07) is 5.05. The first-order valence-electron chi connectivity index (χ1n) is 9.33. The summed E-state index contributed by atoms with van der Waals surface area (Å²) in [4.78, 5) is 39.6. The van der Waals surface area contributed by atoms with Gasteiger partial charge in [0.25, 0.3) is 5.91 Å². The highest BCUT2D eigenvalue weighted by Crippen LogP contribution is 2.25. The molecule has 0 bridgehead atoms. The van der Waals surface area contributed by atoms with E-state index in [-0.39, 0.29) is 18.9 Å². The van der Waals surface area contributed by atoms with E-state index < -0.39 is 17.9 Å². The Hall–Kier alpha value is -3.05. The summed E-state index contributed by atoms with van der Waals surface area (Å²) in [6.45, 7) is 3.88. The highest BCUT2D eigenvalue weighted by atomic mass is 16.4. The third kappa shape index (κ3) is 4.61. The Morgan fingerprint density at radius 2 is 2.04 bits per heavy atom. The molecule has 0 spiro atoms. The van der Waals surface area contributed by atoms with Crippen LogP contribution in [-0.4, -0.2) is 73.1 Å². The van der Waals surface area contributed by atoms with Crippen LogP contribution in [0.15, 0.2) is 18.2 Å². The van der Waals surface area contributed by atoms with Crippen LogP contribution in [0.1, 0.15) is 22.3 Å². The molecule has 1 aromatic rings. The predicted octanol–water partition coefficient (Wildman–Crippen LogP) is -0.313. The fourth-order valence-electron chi connectivity index (χ4n) is 3.52. The molecule has 0 aliphatic carbocycles. The van der Waals surface area contributed by atoms with Crippen LogP contribution in [0, 0.1) is 12.3 Å². The van der Waals surface area contributed by atoms with Gasteiger partial charge in [-0.2, -0.15) is 0 Å². The second kappa shape index (κ2) is 8.76. The Balaban J connectivity index is 1.67. The van der Waals surface area contributed by atoms with E-state index in [9.17, 15) is 14.4 Å². The third-order valence-electron chi connectivity index (χ3n) is 4.99. The van der Waals surface area contributed by atoms with Crippen LogP contribution in [0.25, 0.3) is 0 Å². The summed E-state index contributed by atoms with van der Waals surface area (Å²) < 4.78 is 0. The molecule has 2 aliphatic rings. The maximum absolute atomic E-state index is 12.9. The zero-order valence-corrected chi connectivity index (χ0v) is 15.6. The molecular formula is C20H24N4O4. The molecule has 8 heteroatoms. The van der Waals surface area contributed by atoms with E-state index in [1.54, 1.807) is 0 Å². The Kier molecular flexibility index (Phi) is 6.16. The van der Waals surface area contributed by atoms with Crippen molar-refractivity contribution in [3.8, 4) is 12.3 Å². The molecule has 2 heterocycles. The molecule has 0 unspecified atom stereocenters. The van der Waals surface area contributed by atoms with Crippen molar-refractivity contribution in [2.24, 2.45) is 0 Å². The Labute approximate surface area is 163 Å². The first-order valence-corrected chi connectivity index (χ1v) is 9.33. The number of carbonyl (C=O) groups excluding carboxylic acids is 2. The van der Waals surface area contributed by atoms with E-state index in [0.29, 0.717) is 18.5 Å². The fourth-order valence-corrected chi connectivity index (χ4v) is 3.52. The number of carbonyl (C=O) groups is 3. The van der Waals surface area contributed by atoms with E-state index >= 15 is 0 Å². The number of amides is 2. The molecule has 1 atom stereocenters. The summed E-state index contributed by atoms with van der Waals surface area (Å²) in [5.41, 5.74) is 2.61. The van der Waals surface area contributed by atoms with Crippen molar-refractivity contribution in [1.29, 1.82) is 0 Å². The molecule has 0 aromatic heterocycles. The quantitative estimate of drug-likeness (QED) is 0.582. The third-order valence-corrected chi connectivity index (χ3v) is 4.99. The van der Waals surface area contributed by atoms with Crippen molar-refractivity contribution in [3.05, 3.63) is 29.3 Å². The lowest BCUT2D eigenvalue weighted by Crippen LogP contribution is -2.47. The van der Waals surface area contributed by atoms with Crippen LogP contribution in [0.5, 0.6) is 0 Å². The number of hydrogen-bond acceptors (Lipinski definition) is 5. The Morgan fingerprint density at radius 3 is 2.71 bits per heavy atom. The molecule has 148 valence electrons. The first kappa shape index (κ1) is 19.7. The Bertz CT molecular complexity index is 811. The molecule has 3 rings (SSSR count). The minimum Gasteiger partial charge on any atom is -0.481 e. The molecule has 1 fully saturated rings.